The van der Waals surface area contributed by atoms with E-state index < -0.39 is 27.2 Å². The van der Waals surface area contributed by atoms with Gasteiger partial charge in [-0.15, -0.1) is 0 Å². The number of benzene rings is 2. The standard InChI is InChI=1S/C30H33ClN4O4Si/c1-5-38-28(37)24-18-25(34-35(24)20-27(36)33-26-17-16-23(31)19-32-26)30(39-40-29(2,3)4,21-12-8-6-9-13-21)22-14-10-7-11-15-22/h6-19H,5,20,40H2,1-4H3,(H,32,33,36). The van der Waals surface area contributed by atoms with Crippen LogP contribution in [0.3, 0.4) is 0 Å². The molecule has 8 nitrogen and oxygen atoms in total. The zero-order valence-electron chi connectivity index (χ0n) is 23.1. The second kappa shape index (κ2) is 12.6. The molecule has 1 amide bonds. The summed E-state index contributed by atoms with van der Waals surface area (Å²) in [5.74, 6) is -0.659. The van der Waals surface area contributed by atoms with Crippen molar-refractivity contribution in [3.8, 4) is 0 Å². The first-order valence-corrected chi connectivity index (χ1v) is 14.7. The van der Waals surface area contributed by atoms with Crippen molar-refractivity contribution >= 4 is 39.1 Å². The second-order valence-corrected chi connectivity index (χ2v) is 13.6. The topological polar surface area (TPSA) is 95.3 Å². The van der Waals surface area contributed by atoms with E-state index in [4.69, 9.17) is 25.9 Å². The Bertz CT molecular complexity index is 1400. The fourth-order valence-corrected chi connectivity index (χ4v) is 5.46. The number of hydrogen-bond donors (Lipinski definition) is 1. The van der Waals surface area contributed by atoms with Crippen molar-refractivity contribution in [2.75, 3.05) is 11.9 Å². The third-order valence-electron chi connectivity index (χ3n) is 6.00. The minimum Gasteiger partial charge on any atom is -0.461 e. The van der Waals surface area contributed by atoms with Crippen molar-refractivity contribution in [3.05, 3.63) is 113 Å². The molecule has 4 rings (SSSR count). The predicted octanol–water partition coefficient (Wildman–Crippen LogP) is 5.36. The summed E-state index contributed by atoms with van der Waals surface area (Å²) in [6.45, 7) is 8.12. The van der Waals surface area contributed by atoms with Gasteiger partial charge < -0.3 is 14.5 Å². The van der Waals surface area contributed by atoms with Crippen LogP contribution in [-0.4, -0.2) is 43.0 Å². The fraction of sp³-hybridized carbons (Fsp3) is 0.267. The zero-order chi connectivity index (χ0) is 28.8. The minimum absolute atomic E-state index is 0.0349. The highest BCUT2D eigenvalue weighted by Crippen LogP contribution is 2.41. The number of nitrogens with zero attached hydrogens (tertiary/aromatic N) is 3. The van der Waals surface area contributed by atoms with E-state index in [2.05, 4.69) is 31.1 Å². The van der Waals surface area contributed by atoms with Crippen molar-refractivity contribution in [3.63, 3.8) is 0 Å². The second-order valence-electron chi connectivity index (χ2n) is 10.5. The molecule has 0 radical (unpaired) electrons. The molecule has 0 spiro atoms. The molecule has 0 unspecified atom stereocenters. The molecule has 1 N–H and O–H groups in total. The fourth-order valence-electron chi connectivity index (χ4n) is 4.22. The molecule has 2 heterocycles. The van der Waals surface area contributed by atoms with E-state index in [0.717, 1.165) is 11.1 Å². The van der Waals surface area contributed by atoms with Crippen LogP contribution in [0.4, 0.5) is 5.82 Å². The Labute approximate surface area is 241 Å². The average molecular weight is 577 g/mol. The van der Waals surface area contributed by atoms with Crippen molar-refractivity contribution in [1.82, 2.24) is 14.8 Å². The summed E-state index contributed by atoms with van der Waals surface area (Å²) in [6.07, 6.45) is 1.44. The Kier molecular flexibility index (Phi) is 9.19. The number of anilines is 1. The number of hydrogen-bond acceptors (Lipinski definition) is 6. The van der Waals surface area contributed by atoms with Crippen LogP contribution in [-0.2, 0) is 26.1 Å². The maximum Gasteiger partial charge on any atom is 0.356 e. The van der Waals surface area contributed by atoms with Crippen LogP contribution in [0.2, 0.25) is 10.1 Å². The number of carbonyl (C=O) groups excluding carboxylic acids is 2. The van der Waals surface area contributed by atoms with Gasteiger partial charge in [-0.3, -0.25) is 4.79 Å². The molecule has 0 aliphatic carbocycles. The number of aromatic nitrogens is 3. The van der Waals surface area contributed by atoms with Gasteiger partial charge in [0.2, 0.25) is 5.91 Å². The number of carbonyl (C=O) groups is 2. The monoisotopic (exact) mass is 576 g/mol. The highest BCUT2D eigenvalue weighted by molar-refractivity contribution is 6.32. The van der Waals surface area contributed by atoms with Crippen LogP contribution in [0.5, 0.6) is 0 Å². The molecule has 10 heteroatoms. The Morgan fingerprint density at radius 1 is 0.975 bits per heavy atom. The van der Waals surface area contributed by atoms with Gasteiger partial charge in [-0.25, -0.2) is 14.5 Å². The maximum atomic E-state index is 13.1. The van der Waals surface area contributed by atoms with Crippen LogP contribution in [0.1, 0.15) is 55.0 Å². The average Bonchev–Trinajstić information content (AvgIpc) is 3.35. The number of amides is 1. The molecule has 0 aliphatic heterocycles. The number of esters is 1. The molecule has 0 atom stereocenters. The summed E-state index contributed by atoms with van der Waals surface area (Å²) in [5.41, 5.74) is 1.26. The van der Waals surface area contributed by atoms with Gasteiger partial charge in [0.25, 0.3) is 0 Å². The van der Waals surface area contributed by atoms with Crippen molar-refractivity contribution < 1.29 is 18.8 Å². The number of rotatable bonds is 10. The van der Waals surface area contributed by atoms with E-state index in [9.17, 15) is 9.59 Å². The molecule has 208 valence electrons. The number of ether oxygens (including phenoxy) is 1. The summed E-state index contributed by atoms with van der Waals surface area (Å²) in [7, 11) is -1.15. The Balaban J connectivity index is 1.85. The minimum atomic E-state index is -1.15. The smallest absolute Gasteiger partial charge is 0.356 e. The molecule has 0 saturated heterocycles. The van der Waals surface area contributed by atoms with E-state index in [1.807, 2.05) is 60.7 Å². The molecule has 0 saturated carbocycles. The van der Waals surface area contributed by atoms with Gasteiger partial charge >= 0.3 is 5.97 Å². The van der Waals surface area contributed by atoms with Crippen LogP contribution in [0.15, 0.2) is 85.1 Å². The Hall–Kier alpha value is -3.79. The summed E-state index contributed by atoms with van der Waals surface area (Å²) in [6, 6.07) is 24.5. The van der Waals surface area contributed by atoms with Crippen LogP contribution in [0, 0.1) is 0 Å². The molecular formula is C30H33ClN4O4Si. The lowest BCUT2D eigenvalue weighted by Crippen LogP contribution is -2.37. The van der Waals surface area contributed by atoms with E-state index >= 15 is 0 Å². The largest absolute Gasteiger partial charge is 0.461 e. The third-order valence-corrected chi connectivity index (χ3v) is 7.66. The van der Waals surface area contributed by atoms with Gasteiger partial charge in [-0.05, 0) is 41.3 Å². The first-order chi connectivity index (χ1) is 19.1. The van der Waals surface area contributed by atoms with Gasteiger partial charge in [0, 0.05) is 6.20 Å². The third kappa shape index (κ3) is 6.85. The first-order valence-electron chi connectivity index (χ1n) is 13.0. The SMILES string of the molecule is CCOC(=O)c1cc(C(O[SiH2]C(C)(C)C)(c2ccccc2)c2ccccc2)nn1CC(=O)Nc1ccc(Cl)cn1. The van der Waals surface area contributed by atoms with E-state index in [1.165, 1.54) is 10.9 Å². The van der Waals surface area contributed by atoms with Crippen LogP contribution >= 0.6 is 11.6 Å². The predicted molar refractivity (Wildman–Crippen MR) is 158 cm³/mol. The lowest BCUT2D eigenvalue weighted by molar-refractivity contribution is -0.117. The van der Waals surface area contributed by atoms with Crippen LogP contribution < -0.4 is 5.32 Å². The van der Waals surface area contributed by atoms with Gasteiger partial charge in [-0.1, -0.05) is 93.0 Å². The summed E-state index contributed by atoms with van der Waals surface area (Å²) >= 11 is 5.91. The summed E-state index contributed by atoms with van der Waals surface area (Å²) in [4.78, 5) is 30.3. The van der Waals surface area contributed by atoms with Crippen molar-refractivity contribution in [2.24, 2.45) is 0 Å². The molecule has 0 bridgehead atoms. The van der Waals surface area contributed by atoms with Crippen LogP contribution in [0.25, 0.3) is 0 Å². The number of nitrogens with one attached hydrogen (secondary N) is 1. The summed E-state index contributed by atoms with van der Waals surface area (Å²) < 4.78 is 13.7. The lowest BCUT2D eigenvalue weighted by atomic mass is 9.83. The van der Waals surface area contributed by atoms with Gasteiger partial charge in [0.1, 0.15) is 23.8 Å². The first kappa shape index (κ1) is 29.2. The molecule has 2 aromatic heterocycles. The Morgan fingerprint density at radius 3 is 2.12 bits per heavy atom. The Morgan fingerprint density at radius 2 is 1.60 bits per heavy atom. The summed E-state index contributed by atoms with van der Waals surface area (Å²) in [5, 5.41) is 7.99. The van der Waals surface area contributed by atoms with Gasteiger partial charge in [-0.2, -0.15) is 5.10 Å². The molecule has 2 aromatic carbocycles. The normalized spacial score (nSPS) is 12.0. The number of pyridine rings is 1. The highest BCUT2D eigenvalue weighted by atomic mass is 35.5. The quantitative estimate of drug-likeness (QED) is 0.202. The molecule has 0 fully saturated rings. The zero-order valence-corrected chi connectivity index (χ0v) is 25.2. The van der Waals surface area contributed by atoms with E-state index in [1.54, 1.807) is 25.1 Å². The number of halogens is 1. The van der Waals surface area contributed by atoms with Gasteiger partial charge in [0.15, 0.2) is 15.4 Å². The van der Waals surface area contributed by atoms with Crippen molar-refractivity contribution in [1.29, 1.82) is 0 Å². The molecule has 40 heavy (non-hydrogen) atoms. The molecule has 4 aromatic rings. The lowest BCUT2D eigenvalue weighted by Gasteiger charge is -2.36. The van der Waals surface area contributed by atoms with Crippen molar-refractivity contribution in [2.45, 2.75) is 44.9 Å². The molecular weight excluding hydrogens is 544 g/mol. The maximum absolute atomic E-state index is 13.1. The van der Waals surface area contributed by atoms with E-state index in [-0.39, 0.29) is 23.9 Å². The highest BCUT2D eigenvalue weighted by Gasteiger charge is 2.42. The van der Waals surface area contributed by atoms with E-state index in [0.29, 0.717) is 16.5 Å². The molecule has 0 aliphatic rings. The van der Waals surface area contributed by atoms with Gasteiger partial charge in [0.05, 0.1) is 11.6 Å².